The summed E-state index contributed by atoms with van der Waals surface area (Å²) in [5, 5.41) is 9.70. The fourth-order valence-corrected chi connectivity index (χ4v) is 1.36. The molecular formula is C12H7Cl2F3O. The molecular weight excluding hydrogens is 288 g/mol. The minimum Gasteiger partial charge on any atom is -0.367 e. The van der Waals surface area contributed by atoms with Crippen LogP contribution >= 0.6 is 23.2 Å². The van der Waals surface area contributed by atoms with Crippen molar-refractivity contribution in [1.29, 1.82) is 0 Å². The molecule has 0 saturated heterocycles. The minimum atomic E-state index is -4.95. The van der Waals surface area contributed by atoms with Crippen molar-refractivity contribution in [1.82, 2.24) is 0 Å². The van der Waals surface area contributed by atoms with Crippen molar-refractivity contribution in [3.05, 3.63) is 39.9 Å². The van der Waals surface area contributed by atoms with Gasteiger partial charge in [0, 0.05) is 0 Å². The molecule has 1 atom stereocenters. The summed E-state index contributed by atoms with van der Waals surface area (Å²) >= 11 is 11.3. The van der Waals surface area contributed by atoms with Crippen molar-refractivity contribution in [3.8, 4) is 12.3 Å². The fraction of sp³-hybridized carbons (Fsp3) is 0.167. The summed E-state index contributed by atoms with van der Waals surface area (Å²) in [6, 6.07) is 4.22. The molecule has 0 aliphatic heterocycles. The van der Waals surface area contributed by atoms with Gasteiger partial charge in [0.05, 0.1) is 10.0 Å². The normalized spacial score (nSPS) is 15.4. The third kappa shape index (κ3) is 3.20. The molecule has 0 bridgehead atoms. The Balaban J connectivity index is 3.06. The van der Waals surface area contributed by atoms with Gasteiger partial charge in [-0.05, 0) is 23.8 Å². The van der Waals surface area contributed by atoms with Crippen molar-refractivity contribution >= 4 is 29.3 Å². The van der Waals surface area contributed by atoms with Gasteiger partial charge in [-0.1, -0.05) is 41.3 Å². The molecule has 0 aromatic heterocycles. The summed E-state index contributed by atoms with van der Waals surface area (Å²) in [5.41, 5.74) is -2.97. The number of benzene rings is 1. The predicted molar refractivity (Wildman–Crippen MR) is 65.3 cm³/mol. The third-order valence-electron chi connectivity index (χ3n) is 2.11. The number of terminal acetylenes is 1. The molecule has 0 spiro atoms. The first-order chi connectivity index (χ1) is 8.19. The van der Waals surface area contributed by atoms with Crippen LogP contribution in [0.4, 0.5) is 13.2 Å². The number of rotatable bonds is 2. The maximum Gasteiger partial charge on any atom is 0.432 e. The predicted octanol–water partition coefficient (Wildman–Crippen LogP) is 3.93. The van der Waals surface area contributed by atoms with Crippen LogP contribution in [-0.2, 0) is 0 Å². The lowest BCUT2D eigenvalue weighted by atomic mass is 10.0. The summed E-state index contributed by atoms with van der Waals surface area (Å²) in [4.78, 5) is 0. The SMILES string of the molecule is C#CC(O)(/C=C/c1ccc(Cl)c(Cl)c1)C(F)(F)F. The lowest BCUT2D eigenvalue weighted by molar-refractivity contribution is -0.216. The Morgan fingerprint density at radius 3 is 2.28 bits per heavy atom. The number of hydrogen-bond donors (Lipinski definition) is 1. The van der Waals surface area contributed by atoms with Crippen LogP contribution in [-0.4, -0.2) is 16.9 Å². The Hall–Kier alpha value is -1.15. The quantitative estimate of drug-likeness (QED) is 0.820. The number of aliphatic hydroxyl groups is 1. The average Bonchev–Trinajstić information content (AvgIpc) is 2.28. The first kappa shape index (κ1) is 14.9. The number of alkyl halides is 3. The molecule has 0 saturated carbocycles. The van der Waals surface area contributed by atoms with Crippen molar-refractivity contribution in [2.45, 2.75) is 11.8 Å². The summed E-state index contributed by atoms with van der Waals surface area (Å²) < 4.78 is 37.4. The summed E-state index contributed by atoms with van der Waals surface area (Å²) in [5.74, 6) is 1.30. The van der Waals surface area contributed by atoms with E-state index in [1.54, 1.807) is 0 Å². The van der Waals surface area contributed by atoms with E-state index in [-0.39, 0.29) is 10.0 Å². The van der Waals surface area contributed by atoms with Crippen molar-refractivity contribution in [3.63, 3.8) is 0 Å². The maximum absolute atomic E-state index is 12.5. The van der Waals surface area contributed by atoms with Crippen LogP contribution in [0.2, 0.25) is 10.0 Å². The topological polar surface area (TPSA) is 20.2 Å². The van der Waals surface area contributed by atoms with Crippen LogP contribution in [0.5, 0.6) is 0 Å². The van der Waals surface area contributed by atoms with E-state index in [0.717, 1.165) is 6.08 Å². The highest BCUT2D eigenvalue weighted by Crippen LogP contribution is 2.32. The monoisotopic (exact) mass is 294 g/mol. The fourth-order valence-electron chi connectivity index (χ4n) is 1.06. The van der Waals surface area contributed by atoms with Crippen LogP contribution < -0.4 is 0 Å². The maximum atomic E-state index is 12.5. The zero-order valence-corrected chi connectivity index (χ0v) is 10.3. The molecule has 1 nitrogen and oxygen atoms in total. The Labute approximate surface area is 112 Å². The van der Waals surface area contributed by atoms with Crippen LogP contribution in [0.1, 0.15) is 5.56 Å². The highest BCUT2D eigenvalue weighted by molar-refractivity contribution is 6.42. The minimum absolute atomic E-state index is 0.190. The molecule has 1 aromatic carbocycles. The number of halogens is 5. The molecule has 18 heavy (non-hydrogen) atoms. The Kier molecular flexibility index (Phi) is 4.33. The Bertz CT molecular complexity index is 517. The first-order valence-electron chi connectivity index (χ1n) is 4.61. The van der Waals surface area contributed by atoms with Crippen molar-refractivity contribution < 1.29 is 18.3 Å². The second-order valence-electron chi connectivity index (χ2n) is 3.42. The van der Waals surface area contributed by atoms with Gasteiger partial charge in [-0.15, -0.1) is 6.42 Å². The Morgan fingerprint density at radius 2 is 1.83 bits per heavy atom. The second-order valence-corrected chi connectivity index (χ2v) is 4.23. The van der Waals surface area contributed by atoms with Crippen molar-refractivity contribution in [2.75, 3.05) is 0 Å². The highest BCUT2D eigenvalue weighted by Gasteiger charge is 2.50. The molecule has 0 aliphatic rings. The van der Waals surface area contributed by atoms with Gasteiger partial charge < -0.3 is 5.11 Å². The van der Waals surface area contributed by atoms with Gasteiger partial charge in [-0.2, -0.15) is 13.2 Å². The van der Waals surface area contributed by atoms with Gasteiger partial charge in [0.2, 0.25) is 5.60 Å². The zero-order chi connectivity index (χ0) is 14.0. The highest BCUT2D eigenvalue weighted by atomic mass is 35.5. The van der Waals surface area contributed by atoms with Gasteiger partial charge in [0.1, 0.15) is 0 Å². The second kappa shape index (κ2) is 5.23. The summed E-state index contributed by atoms with van der Waals surface area (Å²) in [7, 11) is 0. The molecule has 0 fully saturated rings. The lowest BCUT2D eigenvalue weighted by Gasteiger charge is -2.21. The van der Waals surface area contributed by atoms with Crippen LogP contribution in [0, 0.1) is 12.3 Å². The lowest BCUT2D eigenvalue weighted by Crippen LogP contribution is -2.41. The van der Waals surface area contributed by atoms with Gasteiger partial charge in [0.25, 0.3) is 0 Å². The van der Waals surface area contributed by atoms with Crippen LogP contribution in [0.25, 0.3) is 6.08 Å². The molecule has 96 valence electrons. The van der Waals surface area contributed by atoms with Gasteiger partial charge >= 0.3 is 6.18 Å². The average molecular weight is 295 g/mol. The molecule has 1 N–H and O–H groups in total. The van der Waals surface area contributed by atoms with E-state index in [4.69, 9.17) is 29.6 Å². The summed E-state index contributed by atoms with van der Waals surface area (Å²) in [6.07, 6.45) is 1.25. The van der Waals surface area contributed by atoms with E-state index in [0.29, 0.717) is 11.6 Å². The smallest absolute Gasteiger partial charge is 0.367 e. The summed E-state index contributed by atoms with van der Waals surface area (Å²) in [6.45, 7) is 0. The van der Waals surface area contributed by atoms with E-state index in [9.17, 15) is 18.3 Å². The van der Waals surface area contributed by atoms with Crippen LogP contribution in [0.15, 0.2) is 24.3 Å². The van der Waals surface area contributed by atoms with Crippen LogP contribution in [0.3, 0.4) is 0 Å². The molecule has 1 rings (SSSR count). The molecule has 0 amide bonds. The largest absolute Gasteiger partial charge is 0.432 e. The molecule has 1 aromatic rings. The molecule has 0 heterocycles. The first-order valence-corrected chi connectivity index (χ1v) is 5.36. The van der Waals surface area contributed by atoms with E-state index >= 15 is 0 Å². The molecule has 1 unspecified atom stereocenters. The number of hydrogen-bond acceptors (Lipinski definition) is 1. The molecule has 0 radical (unpaired) electrons. The zero-order valence-electron chi connectivity index (χ0n) is 8.80. The van der Waals surface area contributed by atoms with E-state index < -0.39 is 11.8 Å². The Morgan fingerprint density at radius 1 is 1.22 bits per heavy atom. The standard InChI is InChI=1S/C12H7Cl2F3O/c1-2-11(18,12(15,16)17)6-5-8-3-4-9(13)10(14)7-8/h1,3-7,18H/b6-5+. The van der Waals surface area contributed by atoms with Gasteiger partial charge in [-0.25, -0.2) is 0 Å². The van der Waals surface area contributed by atoms with Gasteiger partial charge in [-0.3, -0.25) is 0 Å². The molecule has 6 heteroatoms. The molecule has 0 aliphatic carbocycles. The van der Waals surface area contributed by atoms with Gasteiger partial charge in [0.15, 0.2) is 0 Å². The van der Waals surface area contributed by atoms with E-state index in [1.165, 1.54) is 24.1 Å². The van der Waals surface area contributed by atoms with Crippen molar-refractivity contribution in [2.24, 2.45) is 0 Å². The van der Waals surface area contributed by atoms with E-state index in [2.05, 4.69) is 0 Å². The van der Waals surface area contributed by atoms with E-state index in [1.807, 2.05) is 0 Å². The third-order valence-corrected chi connectivity index (χ3v) is 2.85.